The van der Waals surface area contributed by atoms with Crippen LogP contribution in [0.3, 0.4) is 0 Å². The van der Waals surface area contributed by atoms with Crippen molar-refractivity contribution in [1.29, 1.82) is 0 Å². The summed E-state index contributed by atoms with van der Waals surface area (Å²) in [6, 6.07) is 0. The molecule has 3 heteroatoms. The third kappa shape index (κ3) is 0.174. The Bertz CT molecular complexity index is 26.3. The molecule has 0 aromatic heterocycles. The van der Waals surface area contributed by atoms with Gasteiger partial charge in [-0.05, 0) is 0 Å². The predicted molar refractivity (Wildman–Crippen MR) is 10.7 cm³/mol. The van der Waals surface area contributed by atoms with E-state index >= 15 is 0 Å². The summed E-state index contributed by atoms with van der Waals surface area (Å²) >= 11 is 0. The van der Waals surface area contributed by atoms with Crippen molar-refractivity contribution in [3.63, 3.8) is 0 Å². The minimum atomic E-state index is -1.83. The standard InChI is InChI=1S/CH2O3/c2-1(3)4/h(H2,2,3,4)/i2+2. The minimum Gasteiger partial charge on any atom is -0.450 e. The Kier molecular flexibility index (Phi) is 0.581. The van der Waals surface area contributed by atoms with Crippen LogP contribution in [-0.2, 0) is 0 Å². The summed E-state index contributed by atoms with van der Waals surface area (Å²) in [5.41, 5.74) is 0. The number of carbonyl (C=O) groups is 1. The highest BCUT2D eigenvalue weighted by molar-refractivity contribution is 5.53. The average Bonchev–Trinajstić information content (AvgIpc) is 0.811. The molecular weight excluding hydrogens is 62.0 g/mol. The molecule has 2 N–H and O–H groups in total. The van der Waals surface area contributed by atoms with Crippen molar-refractivity contribution >= 4 is 6.16 Å². The summed E-state index contributed by atoms with van der Waals surface area (Å²) in [6.45, 7) is 0. The van der Waals surface area contributed by atoms with Gasteiger partial charge in [-0.25, -0.2) is 4.79 Å². The van der Waals surface area contributed by atoms with Crippen LogP contribution >= 0.6 is 0 Å². The van der Waals surface area contributed by atoms with Gasteiger partial charge in [0.25, 0.3) is 0 Å². The van der Waals surface area contributed by atoms with Gasteiger partial charge in [-0.2, -0.15) is 0 Å². The zero-order valence-electron chi connectivity index (χ0n) is 1.80. The average molecular weight is 64.0 g/mol. The highest BCUT2D eigenvalue weighted by atomic mass is 18.2. The normalized spacial score (nSPS) is 6.00. The Morgan fingerprint density at radius 1 is 2.00 bits per heavy atom. The number of hydrogen-bond acceptors (Lipinski definition) is 1. The minimum absolute atomic E-state index is 1.83. The molecule has 0 aliphatic carbocycles. The summed E-state index contributed by atoms with van der Waals surface area (Å²) in [5, 5.41) is 13.9. The molecule has 0 spiro atoms. The van der Waals surface area contributed by atoms with E-state index in [9.17, 15) is 0 Å². The molecule has 0 heterocycles. The zero-order valence-corrected chi connectivity index (χ0v) is 1.80. The Morgan fingerprint density at radius 2 is 2.00 bits per heavy atom. The smallest absolute Gasteiger partial charge is 0.450 e. The van der Waals surface area contributed by atoms with E-state index in [-0.39, 0.29) is 0 Å². The molecule has 0 aliphatic rings. The van der Waals surface area contributed by atoms with Crippen molar-refractivity contribution < 1.29 is 15.0 Å². The van der Waals surface area contributed by atoms with E-state index < -0.39 is 6.16 Å². The first-order chi connectivity index (χ1) is 1.73. The molecule has 0 saturated heterocycles. The van der Waals surface area contributed by atoms with Gasteiger partial charge < -0.3 is 10.2 Å². The summed E-state index contributed by atoms with van der Waals surface area (Å²) < 4.78 is 0. The SMILES string of the molecule is O=C(O)[18OH]. The second kappa shape index (κ2) is 0.711. The number of rotatable bonds is 0. The fourth-order valence-corrected chi connectivity index (χ4v) is 0. The first-order valence-electron chi connectivity index (χ1n) is 0.651. The molecule has 0 rings (SSSR count). The lowest BCUT2D eigenvalue weighted by atomic mass is 11.5. The van der Waals surface area contributed by atoms with Crippen molar-refractivity contribution in [2.24, 2.45) is 0 Å². The fraction of sp³-hybridized carbons (Fsp3) is 0. The van der Waals surface area contributed by atoms with Crippen LogP contribution in [0.25, 0.3) is 0 Å². The topological polar surface area (TPSA) is 57.5 Å². The van der Waals surface area contributed by atoms with E-state index in [0.29, 0.717) is 0 Å². The van der Waals surface area contributed by atoms with Crippen LogP contribution in [0.2, 0.25) is 0 Å². The Morgan fingerprint density at radius 3 is 2.00 bits per heavy atom. The van der Waals surface area contributed by atoms with Crippen molar-refractivity contribution in [1.82, 2.24) is 0 Å². The van der Waals surface area contributed by atoms with Crippen LogP contribution in [0.1, 0.15) is 0 Å². The highest BCUT2D eigenvalue weighted by Gasteiger charge is 1.70. The quantitative estimate of drug-likeness (QED) is 0.396. The molecule has 0 radical (unpaired) electrons. The van der Waals surface area contributed by atoms with Crippen LogP contribution in [-0.4, -0.2) is 16.4 Å². The summed E-state index contributed by atoms with van der Waals surface area (Å²) in [5.74, 6) is 0. The number of hydrogen-bond donors (Lipinski definition) is 2. The molecule has 24 valence electrons. The number of carboxylic acid groups (broad SMARTS) is 2. The molecule has 0 saturated carbocycles. The van der Waals surface area contributed by atoms with Crippen molar-refractivity contribution in [3.8, 4) is 0 Å². The third-order valence-corrected chi connectivity index (χ3v) is 0. The van der Waals surface area contributed by atoms with Gasteiger partial charge in [-0.15, -0.1) is 0 Å². The largest absolute Gasteiger partial charge is 0.503 e. The van der Waals surface area contributed by atoms with Crippen molar-refractivity contribution in [2.75, 3.05) is 0 Å². The van der Waals surface area contributed by atoms with E-state index in [0.717, 1.165) is 0 Å². The molecule has 0 unspecified atom stereocenters. The Labute approximate surface area is 22.5 Å². The van der Waals surface area contributed by atoms with E-state index in [4.69, 9.17) is 15.0 Å². The molecule has 0 aromatic rings. The second-order valence-corrected chi connectivity index (χ2v) is 0.283. The zero-order chi connectivity index (χ0) is 3.58. The molecule has 0 atom stereocenters. The summed E-state index contributed by atoms with van der Waals surface area (Å²) in [6.07, 6.45) is -1.83. The van der Waals surface area contributed by atoms with Gasteiger partial charge in [-0.3, -0.25) is 0 Å². The van der Waals surface area contributed by atoms with E-state index in [2.05, 4.69) is 0 Å². The van der Waals surface area contributed by atoms with Crippen molar-refractivity contribution in [3.05, 3.63) is 0 Å². The lowest BCUT2D eigenvalue weighted by Crippen LogP contribution is -1.81. The molecule has 0 amide bonds. The highest BCUT2D eigenvalue weighted by Crippen LogP contribution is 1.42. The van der Waals surface area contributed by atoms with Crippen molar-refractivity contribution in [2.45, 2.75) is 0 Å². The van der Waals surface area contributed by atoms with Crippen LogP contribution in [0.15, 0.2) is 0 Å². The Balaban J connectivity index is 2.80. The first-order valence-corrected chi connectivity index (χ1v) is 0.651. The monoisotopic (exact) mass is 64.0 g/mol. The van der Waals surface area contributed by atoms with Crippen LogP contribution in [0.4, 0.5) is 4.79 Å². The molecule has 0 aliphatic heterocycles. The van der Waals surface area contributed by atoms with Gasteiger partial charge in [-0.1, -0.05) is 0 Å². The lowest BCUT2D eigenvalue weighted by molar-refractivity contribution is 0.137. The first kappa shape index (κ1) is 3.27. The second-order valence-electron chi connectivity index (χ2n) is 0.283. The van der Waals surface area contributed by atoms with Gasteiger partial charge in [0.15, 0.2) is 0 Å². The van der Waals surface area contributed by atoms with Gasteiger partial charge in [0.1, 0.15) is 0 Å². The molecule has 4 heavy (non-hydrogen) atoms. The van der Waals surface area contributed by atoms with Crippen LogP contribution in [0.5, 0.6) is 0 Å². The van der Waals surface area contributed by atoms with E-state index in [1.54, 1.807) is 0 Å². The maximum Gasteiger partial charge on any atom is 0.503 e. The predicted octanol–water partition coefficient (Wildman–Crippen LogP) is 0.222. The molecule has 3 nitrogen and oxygen atoms in total. The van der Waals surface area contributed by atoms with E-state index in [1.807, 2.05) is 0 Å². The summed E-state index contributed by atoms with van der Waals surface area (Å²) in [7, 11) is 0. The third-order valence-electron chi connectivity index (χ3n) is 0. The lowest BCUT2D eigenvalue weighted by Gasteiger charge is -1.60. The summed E-state index contributed by atoms with van der Waals surface area (Å²) in [4.78, 5) is 8.56. The fourth-order valence-electron chi connectivity index (χ4n) is 0. The van der Waals surface area contributed by atoms with Crippen LogP contribution < -0.4 is 0 Å². The van der Waals surface area contributed by atoms with E-state index in [1.165, 1.54) is 0 Å². The maximum absolute atomic E-state index is 8.56. The van der Waals surface area contributed by atoms with Gasteiger partial charge in [0.2, 0.25) is 0 Å². The van der Waals surface area contributed by atoms with Crippen LogP contribution in [0, 0.1) is 0 Å². The molecule has 0 aromatic carbocycles. The molecular formula is CH2O3. The molecule has 0 bridgehead atoms. The van der Waals surface area contributed by atoms with Gasteiger partial charge in [0, 0.05) is 0 Å². The Hall–Kier alpha value is -0.730. The van der Waals surface area contributed by atoms with Gasteiger partial charge >= 0.3 is 6.16 Å². The van der Waals surface area contributed by atoms with Gasteiger partial charge in [0.05, 0.1) is 0 Å². The maximum atomic E-state index is 8.56. The molecule has 0 fully saturated rings.